The zero-order chi connectivity index (χ0) is 26.0. The summed E-state index contributed by atoms with van der Waals surface area (Å²) in [4.78, 5) is 51.7. The highest BCUT2D eigenvalue weighted by Crippen LogP contribution is 2.70. The van der Waals surface area contributed by atoms with Gasteiger partial charge in [0.25, 0.3) is 0 Å². The van der Waals surface area contributed by atoms with Gasteiger partial charge in [-0.2, -0.15) is 0 Å². The Morgan fingerprint density at radius 2 is 1.86 bits per heavy atom. The molecule has 2 saturated carbocycles. The molecule has 3 fully saturated rings. The fourth-order valence-electron chi connectivity index (χ4n) is 5.21. The molecule has 35 heavy (non-hydrogen) atoms. The quantitative estimate of drug-likeness (QED) is 0.337. The lowest BCUT2D eigenvalue weighted by atomic mass is 9.85. The number of hydrogen-bond donors (Lipinski definition) is 3. The van der Waals surface area contributed by atoms with Crippen LogP contribution in [0, 0.1) is 11.3 Å². The van der Waals surface area contributed by atoms with Crippen LogP contribution >= 0.6 is 7.37 Å². The summed E-state index contributed by atoms with van der Waals surface area (Å²) in [5.41, 5.74) is -0.617. The van der Waals surface area contributed by atoms with Gasteiger partial charge in [0.05, 0.1) is 0 Å². The highest BCUT2D eigenvalue weighted by atomic mass is 31.2. The Morgan fingerprint density at radius 1 is 1.20 bits per heavy atom. The SMILES string of the molecule is C=C[C@@H]1C[C@]1(NC(=O)[C@@H]1CCCN1C(=O)[C@@H](NC(=O)OC1CCCC1)C(C)(C)C)P(=O)(O)/C=C/C. The van der Waals surface area contributed by atoms with E-state index in [0.717, 1.165) is 25.7 Å². The van der Waals surface area contributed by atoms with E-state index >= 15 is 0 Å². The Labute approximate surface area is 208 Å². The van der Waals surface area contributed by atoms with Gasteiger partial charge < -0.3 is 25.2 Å². The maximum atomic E-state index is 13.6. The number of amides is 3. The second kappa shape index (κ2) is 10.5. The third-order valence-electron chi connectivity index (χ3n) is 7.32. The van der Waals surface area contributed by atoms with Gasteiger partial charge in [0.1, 0.15) is 23.5 Å². The van der Waals surface area contributed by atoms with E-state index in [1.54, 1.807) is 13.0 Å². The molecule has 10 heteroatoms. The number of likely N-dealkylation sites (tertiary alicyclic amines) is 1. The number of carbonyl (C=O) groups excluding carboxylic acids is 3. The van der Waals surface area contributed by atoms with Gasteiger partial charge in [0, 0.05) is 12.5 Å². The molecule has 1 heterocycles. The van der Waals surface area contributed by atoms with Crippen molar-refractivity contribution in [2.75, 3.05) is 6.54 Å². The number of allylic oxidation sites excluding steroid dienone is 1. The maximum absolute atomic E-state index is 13.6. The van der Waals surface area contributed by atoms with Gasteiger partial charge >= 0.3 is 6.09 Å². The Bertz CT molecular complexity index is 923. The third-order valence-corrected chi connectivity index (χ3v) is 9.79. The molecular weight excluding hydrogens is 469 g/mol. The van der Waals surface area contributed by atoms with Gasteiger partial charge in [-0.15, -0.1) is 6.58 Å². The van der Waals surface area contributed by atoms with E-state index in [4.69, 9.17) is 4.74 Å². The van der Waals surface area contributed by atoms with Crippen molar-refractivity contribution in [1.29, 1.82) is 0 Å². The molecule has 0 radical (unpaired) electrons. The fraction of sp³-hybridized carbons (Fsp3) is 0.720. The summed E-state index contributed by atoms with van der Waals surface area (Å²) in [6, 6.07) is -1.67. The van der Waals surface area contributed by atoms with Crippen molar-refractivity contribution in [3.8, 4) is 0 Å². The molecule has 3 aliphatic rings. The van der Waals surface area contributed by atoms with Crippen molar-refractivity contribution in [2.24, 2.45) is 11.3 Å². The van der Waals surface area contributed by atoms with Crippen LogP contribution in [0.15, 0.2) is 24.5 Å². The molecule has 0 aromatic carbocycles. The average molecular weight is 510 g/mol. The number of alkyl carbamates (subject to hydrolysis) is 1. The van der Waals surface area contributed by atoms with Crippen LogP contribution in [-0.4, -0.2) is 57.7 Å². The van der Waals surface area contributed by atoms with E-state index < -0.39 is 42.1 Å². The first kappa shape index (κ1) is 27.5. The molecule has 0 spiro atoms. The summed E-state index contributed by atoms with van der Waals surface area (Å²) in [6.45, 7) is 11.3. The summed E-state index contributed by atoms with van der Waals surface area (Å²) < 4.78 is 18.5. The monoisotopic (exact) mass is 509 g/mol. The summed E-state index contributed by atoms with van der Waals surface area (Å²) in [5.74, 6) is 0.104. The molecule has 2 aliphatic carbocycles. The molecule has 0 aromatic rings. The molecule has 1 aliphatic heterocycles. The lowest BCUT2D eigenvalue weighted by Gasteiger charge is -2.36. The minimum absolute atomic E-state index is 0.130. The highest BCUT2D eigenvalue weighted by Gasteiger charge is 2.65. The van der Waals surface area contributed by atoms with Crippen molar-refractivity contribution >= 4 is 25.3 Å². The van der Waals surface area contributed by atoms with Crippen LogP contribution in [0.1, 0.15) is 72.6 Å². The van der Waals surface area contributed by atoms with E-state index in [2.05, 4.69) is 17.2 Å². The van der Waals surface area contributed by atoms with Crippen molar-refractivity contribution in [3.63, 3.8) is 0 Å². The van der Waals surface area contributed by atoms with E-state index in [9.17, 15) is 23.8 Å². The molecule has 3 rings (SSSR count). The molecule has 5 atom stereocenters. The van der Waals surface area contributed by atoms with Crippen molar-refractivity contribution in [2.45, 2.75) is 96.1 Å². The summed E-state index contributed by atoms with van der Waals surface area (Å²) in [6.07, 6.45) is 7.41. The van der Waals surface area contributed by atoms with Crippen LogP contribution in [0.3, 0.4) is 0 Å². The number of nitrogens with one attached hydrogen (secondary N) is 2. The summed E-state index contributed by atoms with van der Waals surface area (Å²) in [7, 11) is -3.83. The molecule has 0 aromatic heterocycles. The van der Waals surface area contributed by atoms with Crippen LogP contribution in [0.2, 0.25) is 0 Å². The molecular formula is C25H40N3O6P. The first-order valence-electron chi connectivity index (χ1n) is 12.5. The first-order chi connectivity index (χ1) is 16.4. The topological polar surface area (TPSA) is 125 Å². The Balaban J connectivity index is 1.74. The zero-order valence-corrected chi connectivity index (χ0v) is 22.2. The van der Waals surface area contributed by atoms with Crippen molar-refractivity contribution in [3.05, 3.63) is 24.5 Å². The standard InChI is InChI=1S/C25H40N3O6P/c1-6-15-35(32,33)25(16-17(25)7-2)27-21(29)19-13-10-14-28(19)22(30)20(24(3,4)5)26-23(31)34-18-11-8-9-12-18/h6-7,15,17-20H,2,8-14,16H2,1,3-5H3,(H,26,31)(H,27,29)(H,32,33)/b15-6+/t17-,19+,20-,25+/m1/s1. The number of carbonyl (C=O) groups is 3. The predicted molar refractivity (Wildman–Crippen MR) is 134 cm³/mol. The van der Waals surface area contributed by atoms with E-state index in [1.165, 1.54) is 16.8 Å². The van der Waals surface area contributed by atoms with Gasteiger partial charge in [0.15, 0.2) is 0 Å². The van der Waals surface area contributed by atoms with Crippen LogP contribution in [0.4, 0.5) is 4.79 Å². The molecule has 1 unspecified atom stereocenters. The first-order valence-corrected chi connectivity index (χ1v) is 14.3. The number of rotatable bonds is 8. The Hall–Kier alpha value is -2.12. The molecule has 3 N–H and O–H groups in total. The van der Waals surface area contributed by atoms with Crippen molar-refractivity contribution < 1.29 is 28.6 Å². The van der Waals surface area contributed by atoms with E-state index in [-0.39, 0.29) is 17.9 Å². The maximum Gasteiger partial charge on any atom is 0.408 e. The van der Waals surface area contributed by atoms with Gasteiger partial charge in [-0.25, -0.2) is 4.79 Å². The largest absolute Gasteiger partial charge is 0.446 e. The molecule has 0 bridgehead atoms. The minimum Gasteiger partial charge on any atom is -0.446 e. The highest BCUT2D eigenvalue weighted by molar-refractivity contribution is 7.63. The minimum atomic E-state index is -3.83. The normalized spacial score (nSPS) is 29.5. The fourth-order valence-corrected chi connectivity index (χ4v) is 7.18. The van der Waals surface area contributed by atoms with E-state index in [0.29, 0.717) is 25.8 Å². The van der Waals surface area contributed by atoms with Gasteiger partial charge in [0.2, 0.25) is 19.2 Å². The third kappa shape index (κ3) is 5.83. The predicted octanol–water partition coefficient (Wildman–Crippen LogP) is 3.88. The lowest BCUT2D eigenvalue weighted by molar-refractivity contribution is -0.142. The second-order valence-corrected chi connectivity index (χ2v) is 13.4. The zero-order valence-electron chi connectivity index (χ0n) is 21.3. The Kier molecular flexibility index (Phi) is 8.22. The molecule has 1 saturated heterocycles. The molecule has 9 nitrogen and oxygen atoms in total. The summed E-state index contributed by atoms with van der Waals surface area (Å²) >= 11 is 0. The Morgan fingerprint density at radius 3 is 2.40 bits per heavy atom. The van der Waals surface area contributed by atoms with Gasteiger partial charge in [-0.3, -0.25) is 14.2 Å². The second-order valence-electron chi connectivity index (χ2n) is 11.0. The smallest absolute Gasteiger partial charge is 0.408 e. The molecule has 196 valence electrons. The van der Waals surface area contributed by atoms with Crippen LogP contribution in [-0.2, 0) is 18.9 Å². The van der Waals surface area contributed by atoms with Gasteiger partial charge in [-0.05, 0) is 63.1 Å². The van der Waals surface area contributed by atoms with Gasteiger partial charge in [-0.1, -0.05) is 32.9 Å². The number of ether oxygens (including phenoxy) is 1. The van der Waals surface area contributed by atoms with Crippen molar-refractivity contribution in [1.82, 2.24) is 15.5 Å². The van der Waals surface area contributed by atoms with E-state index in [1.807, 2.05) is 20.8 Å². The van der Waals surface area contributed by atoms with Crippen LogP contribution in [0.5, 0.6) is 0 Å². The number of nitrogens with zero attached hydrogens (tertiary/aromatic N) is 1. The van der Waals surface area contributed by atoms with Crippen LogP contribution < -0.4 is 10.6 Å². The molecule has 3 amide bonds. The van der Waals surface area contributed by atoms with Crippen LogP contribution in [0.25, 0.3) is 0 Å². The summed E-state index contributed by atoms with van der Waals surface area (Å²) in [5, 5.41) is 4.26. The lowest BCUT2D eigenvalue weighted by Crippen LogP contribution is -2.58. The number of hydrogen-bond acceptors (Lipinski definition) is 5. The average Bonchev–Trinajstić information content (AvgIpc) is 3.11.